The Morgan fingerprint density at radius 1 is 1.21 bits per heavy atom. The third-order valence-corrected chi connectivity index (χ3v) is 4.61. The van der Waals surface area contributed by atoms with Crippen LogP contribution in [-0.2, 0) is 4.79 Å². The summed E-state index contributed by atoms with van der Waals surface area (Å²) in [5.41, 5.74) is 3.28. The van der Waals surface area contributed by atoms with Gasteiger partial charge in [-0.1, -0.05) is 24.3 Å². The Kier molecular flexibility index (Phi) is 5.17. The van der Waals surface area contributed by atoms with Gasteiger partial charge in [-0.05, 0) is 29.8 Å². The van der Waals surface area contributed by atoms with Crippen molar-refractivity contribution >= 4 is 5.97 Å². The van der Waals surface area contributed by atoms with Crippen LogP contribution in [0.3, 0.4) is 0 Å². The highest BCUT2D eigenvalue weighted by atomic mass is 19.1. The van der Waals surface area contributed by atoms with Crippen LogP contribution in [0.15, 0.2) is 73.4 Å². The van der Waals surface area contributed by atoms with Gasteiger partial charge in [-0.3, -0.25) is 15.2 Å². The molecule has 0 aliphatic heterocycles. The van der Waals surface area contributed by atoms with Gasteiger partial charge in [0.25, 0.3) is 0 Å². The van der Waals surface area contributed by atoms with Gasteiger partial charge in [0.15, 0.2) is 0 Å². The molecule has 0 amide bonds. The summed E-state index contributed by atoms with van der Waals surface area (Å²) in [5, 5.41) is 19.1. The molecule has 1 unspecified atom stereocenters. The lowest BCUT2D eigenvalue weighted by atomic mass is 9.96. The van der Waals surface area contributed by atoms with Gasteiger partial charge < -0.3 is 9.67 Å². The highest BCUT2D eigenvalue weighted by Crippen LogP contribution is 2.32. The summed E-state index contributed by atoms with van der Waals surface area (Å²) in [4.78, 5) is 15.2. The van der Waals surface area contributed by atoms with E-state index in [0.29, 0.717) is 16.8 Å². The Hall–Kier alpha value is -3.78. The van der Waals surface area contributed by atoms with E-state index in [0.717, 1.165) is 11.3 Å². The molecule has 0 radical (unpaired) electrons. The Morgan fingerprint density at radius 3 is 2.69 bits per heavy atom. The van der Waals surface area contributed by atoms with Gasteiger partial charge in [0, 0.05) is 29.2 Å². The first-order chi connectivity index (χ1) is 14.1. The normalized spacial score (nSPS) is 12.0. The summed E-state index contributed by atoms with van der Waals surface area (Å²) in [7, 11) is 0. The van der Waals surface area contributed by atoms with Gasteiger partial charge in [0.2, 0.25) is 0 Å². The van der Waals surface area contributed by atoms with E-state index in [-0.39, 0.29) is 12.4 Å². The van der Waals surface area contributed by atoms with Crippen LogP contribution in [0.4, 0.5) is 4.39 Å². The Bertz CT molecular complexity index is 1110. The first-order valence-corrected chi connectivity index (χ1v) is 8.95. The Morgan fingerprint density at radius 2 is 2.00 bits per heavy atom. The summed E-state index contributed by atoms with van der Waals surface area (Å²) in [6.45, 7) is -0.254. The number of hydrogen-bond acceptors (Lipinski definition) is 4. The monoisotopic (exact) mass is 391 g/mol. The molecule has 0 saturated carbocycles. The molecule has 2 aromatic heterocycles. The number of aromatic nitrogens is 4. The molecule has 0 aliphatic rings. The molecule has 2 heterocycles. The summed E-state index contributed by atoms with van der Waals surface area (Å²) < 4.78 is 16.2. The summed E-state index contributed by atoms with van der Waals surface area (Å²) in [6.07, 6.45) is 6.81. The van der Waals surface area contributed by atoms with Crippen molar-refractivity contribution in [3.05, 3.63) is 90.4 Å². The molecule has 146 valence electrons. The number of imidazole rings is 1. The maximum Gasteiger partial charge on any atom is 0.317 e. The third-order valence-electron chi connectivity index (χ3n) is 4.61. The van der Waals surface area contributed by atoms with Crippen LogP contribution in [-0.4, -0.2) is 37.4 Å². The number of H-pyrrole nitrogens is 1. The maximum atomic E-state index is 14.4. The number of halogens is 1. The quantitative estimate of drug-likeness (QED) is 0.450. The zero-order valence-corrected chi connectivity index (χ0v) is 15.3. The van der Waals surface area contributed by atoms with E-state index in [4.69, 9.17) is 5.11 Å². The zero-order valence-electron chi connectivity index (χ0n) is 15.3. The number of nitrogens with zero attached hydrogens (tertiary/aromatic N) is 3. The largest absolute Gasteiger partial charge is 0.480 e. The van der Waals surface area contributed by atoms with Gasteiger partial charge in [-0.25, -0.2) is 9.37 Å². The van der Waals surface area contributed by atoms with E-state index >= 15 is 0 Å². The lowest BCUT2D eigenvalue weighted by Gasteiger charge is -2.19. The number of rotatable bonds is 7. The van der Waals surface area contributed by atoms with Gasteiger partial charge in [0.05, 0.1) is 30.8 Å². The predicted octanol–water partition coefficient (Wildman–Crippen LogP) is 3.17. The van der Waals surface area contributed by atoms with E-state index in [9.17, 15) is 9.18 Å². The first-order valence-electron chi connectivity index (χ1n) is 8.95. The average Bonchev–Trinajstić information content (AvgIpc) is 3.41. The number of carbonyl (C=O) groups is 1. The Balaban J connectivity index is 1.73. The van der Waals surface area contributed by atoms with Crippen LogP contribution >= 0.6 is 0 Å². The number of carboxylic acid groups (broad SMARTS) is 1. The Labute approximate surface area is 165 Å². The summed E-state index contributed by atoms with van der Waals surface area (Å²) in [6, 6.07) is 13.5. The molecule has 29 heavy (non-hydrogen) atoms. The minimum absolute atomic E-state index is 0.254. The number of benzene rings is 2. The minimum atomic E-state index is -0.985. The molecular formula is C21H18FN5O2. The van der Waals surface area contributed by atoms with Crippen molar-refractivity contribution in [1.82, 2.24) is 25.1 Å². The van der Waals surface area contributed by atoms with Crippen LogP contribution in [0.25, 0.3) is 16.9 Å². The molecular weight excluding hydrogens is 373 g/mol. The highest BCUT2D eigenvalue weighted by molar-refractivity contribution is 5.70. The lowest BCUT2D eigenvalue weighted by Crippen LogP contribution is -2.28. The molecule has 0 spiro atoms. The first kappa shape index (κ1) is 18.6. The van der Waals surface area contributed by atoms with E-state index in [1.807, 2.05) is 35.0 Å². The van der Waals surface area contributed by atoms with Gasteiger partial charge in [-0.15, -0.1) is 0 Å². The van der Waals surface area contributed by atoms with Gasteiger partial charge >= 0.3 is 5.97 Å². The zero-order chi connectivity index (χ0) is 20.2. The summed E-state index contributed by atoms with van der Waals surface area (Å²) >= 11 is 0. The van der Waals surface area contributed by atoms with E-state index in [2.05, 4.69) is 20.5 Å². The number of nitrogens with one attached hydrogen (secondary N) is 2. The molecule has 0 fully saturated rings. The highest BCUT2D eigenvalue weighted by Gasteiger charge is 2.22. The topological polar surface area (TPSA) is 95.8 Å². The second-order valence-electron chi connectivity index (χ2n) is 6.45. The molecule has 8 heteroatoms. The van der Waals surface area contributed by atoms with Crippen LogP contribution in [0.1, 0.15) is 17.2 Å². The van der Waals surface area contributed by atoms with E-state index in [1.165, 1.54) is 6.07 Å². The van der Waals surface area contributed by atoms with Gasteiger partial charge in [-0.2, -0.15) is 5.10 Å². The smallest absolute Gasteiger partial charge is 0.317 e. The fraction of sp³-hybridized carbons (Fsp3) is 0.0952. The molecule has 2 aromatic carbocycles. The van der Waals surface area contributed by atoms with Crippen molar-refractivity contribution in [2.24, 2.45) is 0 Å². The van der Waals surface area contributed by atoms with Gasteiger partial charge in [0.1, 0.15) is 5.82 Å². The van der Waals surface area contributed by atoms with Crippen molar-refractivity contribution in [2.45, 2.75) is 6.04 Å². The van der Waals surface area contributed by atoms with Crippen LogP contribution in [0.5, 0.6) is 0 Å². The van der Waals surface area contributed by atoms with Crippen molar-refractivity contribution in [1.29, 1.82) is 0 Å². The summed E-state index contributed by atoms with van der Waals surface area (Å²) in [5.74, 6) is -1.37. The van der Waals surface area contributed by atoms with Crippen molar-refractivity contribution < 1.29 is 14.3 Å². The van der Waals surface area contributed by atoms with Crippen molar-refractivity contribution in [3.8, 4) is 16.9 Å². The fourth-order valence-corrected chi connectivity index (χ4v) is 3.24. The fourth-order valence-electron chi connectivity index (χ4n) is 3.24. The SMILES string of the molecule is O=C(O)CNC(c1ccc(-n2ccnc2)cc1)c1cn[nH]c1-c1ccccc1F. The van der Waals surface area contributed by atoms with Crippen LogP contribution in [0, 0.1) is 5.82 Å². The average molecular weight is 391 g/mol. The minimum Gasteiger partial charge on any atom is -0.480 e. The van der Waals surface area contributed by atoms with Crippen LogP contribution < -0.4 is 5.32 Å². The number of carboxylic acids is 1. The third kappa shape index (κ3) is 3.92. The van der Waals surface area contributed by atoms with Crippen LogP contribution in [0.2, 0.25) is 0 Å². The molecule has 1 atom stereocenters. The second kappa shape index (κ2) is 8.07. The molecule has 4 rings (SSSR count). The number of hydrogen-bond donors (Lipinski definition) is 3. The predicted molar refractivity (Wildman–Crippen MR) is 105 cm³/mol. The second-order valence-corrected chi connectivity index (χ2v) is 6.45. The molecule has 7 nitrogen and oxygen atoms in total. The lowest BCUT2D eigenvalue weighted by molar-refractivity contribution is -0.136. The molecule has 3 N–H and O–H groups in total. The van der Waals surface area contributed by atoms with E-state index < -0.39 is 12.0 Å². The van der Waals surface area contributed by atoms with Crippen molar-refractivity contribution in [2.75, 3.05) is 6.54 Å². The molecule has 0 saturated heterocycles. The standard InChI is InChI=1S/C21H18FN5O2/c22-18-4-2-1-3-16(18)21-17(11-25-26-21)20(24-12-19(28)29)14-5-7-15(8-6-14)27-10-9-23-13-27/h1-11,13,20,24H,12H2,(H,25,26)(H,28,29). The maximum absolute atomic E-state index is 14.4. The van der Waals surface area contributed by atoms with Crippen molar-refractivity contribution in [3.63, 3.8) is 0 Å². The van der Waals surface area contributed by atoms with E-state index in [1.54, 1.807) is 36.9 Å². The molecule has 4 aromatic rings. The number of aliphatic carboxylic acids is 1. The number of aromatic amines is 1. The molecule has 0 bridgehead atoms. The molecule has 0 aliphatic carbocycles.